The number of hydrogen-bond acceptors (Lipinski definition) is 7. The van der Waals surface area contributed by atoms with Crippen LogP contribution in [-0.4, -0.2) is 29.0 Å². The van der Waals surface area contributed by atoms with Crippen molar-refractivity contribution in [2.45, 2.75) is 11.8 Å². The Morgan fingerprint density at radius 1 is 1.19 bits per heavy atom. The van der Waals surface area contributed by atoms with Gasteiger partial charge in [-0.15, -0.1) is 10.2 Å². The maximum absolute atomic E-state index is 12.5. The Bertz CT molecular complexity index is 1100. The number of aromatic amines is 1. The molecule has 9 nitrogen and oxygen atoms in total. The number of sulfonamides is 1. The van der Waals surface area contributed by atoms with E-state index in [1.807, 2.05) is 19.1 Å². The molecule has 0 amide bonds. The quantitative estimate of drug-likeness (QED) is 0.557. The molecular weight excluding hydrogens is 366 g/mol. The highest BCUT2D eigenvalue weighted by Crippen LogP contribution is 2.19. The SMILES string of the molecule is Cc1cccc(NS(=O)(=O)c2ccc(NC=C(C#N)c3nn[nH]n3)cc2)c1. The van der Waals surface area contributed by atoms with E-state index in [1.54, 1.807) is 30.3 Å². The molecule has 0 aliphatic heterocycles. The third-order valence-electron chi connectivity index (χ3n) is 3.52. The van der Waals surface area contributed by atoms with Gasteiger partial charge in [-0.1, -0.05) is 12.1 Å². The van der Waals surface area contributed by atoms with Gasteiger partial charge in [0, 0.05) is 17.6 Å². The van der Waals surface area contributed by atoms with Crippen molar-refractivity contribution in [3.8, 4) is 6.07 Å². The fraction of sp³-hybridized carbons (Fsp3) is 0.0588. The smallest absolute Gasteiger partial charge is 0.261 e. The minimum absolute atomic E-state index is 0.122. The van der Waals surface area contributed by atoms with Gasteiger partial charge in [0.2, 0.25) is 5.82 Å². The van der Waals surface area contributed by atoms with E-state index in [4.69, 9.17) is 5.26 Å². The number of anilines is 2. The van der Waals surface area contributed by atoms with Gasteiger partial charge >= 0.3 is 0 Å². The van der Waals surface area contributed by atoms with Crippen molar-refractivity contribution in [3.63, 3.8) is 0 Å². The number of tetrazole rings is 1. The second kappa shape index (κ2) is 7.67. The molecule has 0 saturated carbocycles. The molecule has 2 aromatic carbocycles. The molecular formula is C17H15N7O2S. The van der Waals surface area contributed by atoms with Crippen LogP contribution in [0.5, 0.6) is 0 Å². The van der Waals surface area contributed by atoms with Gasteiger partial charge in [-0.25, -0.2) is 8.42 Å². The monoisotopic (exact) mass is 381 g/mol. The lowest BCUT2D eigenvalue weighted by Gasteiger charge is -2.09. The highest BCUT2D eigenvalue weighted by molar-refractivity contribution is 7.92. The van der Waals surface area contributed by atoms with E-state index in [-0.39, 0.29) is 16.3 Å². The summed E-state index contributed by atoms with van der Waals surface area (Å²) in [5.41, 5.74) is 2.23. The van der Waals surface area contributed by atoms with E-state index in [1.165, 1.54) is 18.3 Å². The molecule has 0 atom stereocenters. The first kappa shape index (κ1) is 18.1. The van der Waals surface area contributed by atoms with Crippen LogP contribution in [-0.2, 0) is 10.0 Å². The molecule has 0 aliphatic rings. The lowest BCUT2D eigenvalue weighted by Crippen LogP contribution is -2.12. The first-order chi connectivity index (χ1) is 13.0. The predicted molar refractivity (Wildman–Crippen MR) is 99.8 cm³/mol. The first-order valence-electron chi connectivity index (χ1n) is 7.78. The van der Waals surface area contributed by atoms with E-state index in [2.05, 4.69) is 30.7 Å². The van der Waals surface area contributed by atoms with Crippen LogP contribution in [0.15, 0.2) is 59.6 Å². The molecule has 0 spiro atoms. The summed E-state index contributed by atoms with van der Waals surface area (Å²) in [7, 11) is -3.70. The number of nitriles is 1. The fourth-order valence-corrected chi connectivity index (χ4v) is 3.28. The predicted octanol–water partition coefficient (Wildman–Crippen LogP) is 2.29. The van der Waals surface area contributed by atoms with Crippen molar-refractivity contribution in [1.29, 1.82) is 5.26 Å². The van der Waals surface area contributed by atoms with Crippen LogP contribution >= 0.6 is 0 Å². The molecule has 0 fully saturated rings. The van der Waals surface area contributed by atoms with E-state index >= 15 is 0 Å². The zero-order valence-electron chi connectivity index (χ0n) is 14.2. The lowest BCUT2D eigenvalue weighted by molar-refractivity contribution is 0.601. The molecule has 0 radical (unpaired) electrons. The largest absolute Gasteiger partial charge is 0.360 e. The van der Waals surface area contributed by atoms with Crippen molar-refractivity contribution in [2.24, 2.45) is 0 Å². The minimum Gasteiger partial charge on any atom is -0.360 e. The third kappa shape index (κ3) is 4.47. The minimum atomic E-state index is -3.70. The van der Waals surface area contributed by atoms with Crippen LogP contribution in [0.3, 0.4) is 0 Å². The number of aromatic nitrogens is 4. The first-order valence-corrected chi connectivity index (χ1v) is 9.26. The van der Waals surface area contributed by atoms with Crippen LogP contribution in [0.2, 0.25) is 0 Å². The summed E-state index contributed by atoms with van der Waals surface area (Å²) in [5.74, 6) is 0.159. The molecule has 0 saturated heterocycles. The number of nitrogens with zero attached hydrogens (tertiary/aromatic N) is 4. The second-order valence-electron chi connectivity index (χ2n) is 5.55. The summed E-state index contributed by atoms with van der Waals surface area (Å²) in [6, 6.07) is 15.2. The normalized spacial score (nSPS) is 11.6. The Balaban J connectivity index is 1.74. The Morgan fingerprint density at radius 2 is 1.96 bits per heavy atom. The number of rotatable bonds is 6. The van der Waals surface area contributed by atoms with Gasteiger partial charge in [-0.3, -0.25) is 4.72 Å². The third-order valence-corrected chi connectivity index (χ3v) is 4.92. The number of nitrogens with one attached hydrogen (secondary N) is 3. The second-order valence-corrected chi connectivity index (χ2v) is 7.23. The maximum Gasteiger partial charge on any atom is 0.261 e. The van der Waals surface area contributed by atoms with Crippen molar-refractivity contribution in [3.05, 3.63) is 66.1 Å². The standard InChI is InChI=1S/C17H15N7O2S/c1-12-3-2-4-15(9-12)22-27(25,26)16-7-5-14(6-8-16)19-11-13(10-18)17-20-23-24-21-17/h2-9,11,19,22H,1H3,(H,20,21,23,24). The van der Waals surface area contributed by atoms with Crippen molar-refractivity contribution in [2.75, 3.05) is 10.0 Å². The number of aryl methyl sites for hydroxylation is 1. The summed E-state index contributed by atoms with van der Waals surface area (Å²) in [5, 5.41) is 25.1. The summed E-state index contributed by atoms with van der Waals surface area (Å²) in [6.07, 6.45) is 1.42. The van der Waals surface area contributed by atoms with Crippen molar-refractivity contribution in [1.82, 2.24) is 20.6 Å². The van der Waals surface area contributed by atoms with Gasteiger partial charge in [-0.2, -0.15) is 10.5 Å². The topological polar surface area (TPSA) is 136 Å². The summed E-state index contributed by atoms with van der Waals surface area (Å²) in [6.45, 7) is 1.88. The highest BCUT2D eigenvalue weighted by Gasteiger charge is 2.14. The molecule has 0 aliphatic carbocycles. The fourth-order valence-electron chi connectivity index (χ4n) is 2.23. The summed E-state index contributed by atoms with van der Waals surface area (Å²) >= 11 is 0. The van der Waals surface area contributed by atoms with Crippen LogP contribution in [0.25, 0.3) is 5.57 Å². The summed E-state index contributed by atoms with van der Waals surface area (Å²) in [4.78, 5) is 0.122. The highest BCUT2D eigenvalue weighted by atomic mass is 32.2. The van der Waals surface area contributed by atoms with E-state index in [0.717, 1.165) is 5.56 Å². The van der Waals surface area contributed by atoms with Crippen molar-refractivity contribution >= 4 is 27.0 Å². The Morgan fingerprint density at radius 3 is 2.59 bits per heavy atom. The Labute approximate surface area is 155 Å². The summed E-state index contributed by atoms with van der Waals surface area (Å²) < 4.78 is 27.5. The molecule has 27 heavy (non-hydrogen) atoms. The Kier molecular flexibility index (Phi) is 5.14. The maximum atomic E-state index is 12.5. The van der Waals surface area contributed by atoms with Crippen LogP contribution in [0.1, 0.15) is 11.4 Å². The van der Waals surface area contributed by atoms with Gasteiger partial charge in [-0.05, 0) is 54.1 Å². The van der Waals surface area contributed by atoms with Gasteiger partial charge in [0.05, 0.1) is 4.90 Å². The average Bonchev–Trinajstić information content (AvgIpc) is 3.17. The Hall–Kier alpha value is -3.71. The number of benzene rings is 2. The number of H-pyrrole nitrogens is 1. The van der Waals surface area contributed by atoms with Gasteiger partial charge in [0.15, 0.2) is 0 Å². The van der Waals surface area contributed by atoms with E-state index in [9.17, 15) is 8.42 Å². The zero-order chi connectivity index (χ0) is 19.3. The molecule has 0 bridgehead atoms. The van der Waals surface area contributed by atoms with Gasteiger partial charge in [0.1, 0.15) is 11.6 Å². The van der Waals surface area contributed by atoms with E-state index < -0.39 is 10.0 Å². The van der Waals surface area contributed by atoms with Crippen LogP contribution in [0.4, 0.5) is 11.4 Å². The van der Waals surface area contributed by atoms with E-state index in [0.29, 0.717) is 11.4 Å². The van der Waals surface area contributed by atoms with Crippen LogP contribution in [0, 0.1) is 18.3 Å². The molecule has 3 N–H and O–H groups in total. The zero-order valence-corrected chi connectivity index (χ0v) is 15.0. The lowest BCUT2D eigenvalue weighted by atomic mass is 10.2. The molecule has 136 valence electrons. The average molecular weight is 381 g/mol. The number of hydrogen-bond donors (Lipinski definition) is 3. The van der Waals surface area contributed by atoms with Gasteiger partial charge < -0.3 is 5.32 Å². The van der Waals surface area contributed by atoms with Gasteiger partial charge in [0.25, 0.3) is 10.0 Å². The molecule has 10 heteroatoms. The van der Waals surface area contributed by atoms with Crippen LogP contribution < -0.4 is 10.0 Å². The number of allylic oxidation sites excluding steroid dienone is 1. The molecule has 3 aromatic rings. The molecule has 1 aromatic heterocycles. The molecule has 1 heterocycles. The van der Waals surface area contributed by atoms with Crippen molar-refractivity contribution < 1.29 is 8.42 Å². The molecule has 0 unspecified atom stereocenters. The molecule has 3 rings (SSSR count).